The van der Waals surface area contributed by atoms with Gasteiger partial charge in [0, 0.05) is 17.2 Å². The van der Waals surface area contributed by atoms with Crippen LogP contribution in [0.4, 0.5) is 0 Å². The maximum atomic E-state index is 13.1. The molecule has 1 aliphatic rings. The summed E-state index contributed by atoms with van der Waals surface area (Å²) in [7, 11) is 0. The first-order valence-electron chi connectivity index (χ1n) is 11.0. The van der Waals surface area contributed by atoms with Crippen molar-refractivity contribution in [2.75, 3.05) is 19.6 Å². The van der Waals surface area contributed by atoms with Gasteiger partial charge in [0.1, 0.15) is 0 Å². The van der Waals surface area contributed by atoms with Crippen LogP contribution in [0.15, 0.2) is 83.8 Å². The predicted octanol–water partition coefficient (Wildman–Crippen LogP) is 5.42. The maximum Gasteiger partial charge on any atom is 0.252 e. The monoisotopic (exact) mass is 441 g/mol. The molecular formula is C27H27N3OS. The lowest BCUT2D eigenvalue weighted by Crippen LogP contribution is -2.37. The van der Waals surface area contributed by atoms with Gasteiger partial charge in [0.2, 0.25) is 0 Å². The van der Waals surface area contributed by atoms with Gasteiger partial charge < -0.3 is 5.32 Å². The Kier molecular flexibility index (Phi) is 7.60. The third kappa shape index (κ3) is 5.59. The number of likely N-dealkylation sites (tertiary alicyclic amines) is 1. The molecule has 1 amide bonds. The molecule has 3 aromatic rings. The molecule has 5 heteroatoms. The van der Waals surface area contributed by atoms with E-state index in [9.17, 15) is 4.79 Å². The Morgan fingerprint density at radius 2 is 1.66 bits per heavy atom. The minimum Gasteiger partial charge on any atom is -0.350 e. The number of nitriles is 1. The Balaban J connectivity index is 1.43. The van der Waals surface area contributed by atoms with Gasteiger partial charge >= 0.3 is 0 Å². The Hall–Kier alpha value is -3.07. The Morgan fingerprint density at radius 1 is 0.969 bits per heavy atom. The van der Waals surface area contributed by atoms with Gasteiger partial charge in [-0.25, -0.2) is 0 Å². The van der Waals surface area contributed by atoms with Gasteiger partial charge in [-0.05, 0) is 61.3 Å². The second kappa shape index (κ2) is 11.0. The van der Waals surface area contributed by atoms with E-state index in [2.05, 4.69) is 40.6 Å². The highest BCUT2D eigenvalue weighted by atomic mass is 32.2. The van der Waals surface area contributed by atoms with Crippen LogP contribution >= 0.6 is 11.8 Å². The molecule has 3 aromatic carbocycles. The maximum absolute atomic E-state index is 13.1. The summed E-state index contributed by atoms with van der Waals surface area (Å²) in [5.74, 6) is 0.712. The predicted molar refractivity (Wildman–Crippen MR) is 129 cm³/mol. The zero-order valence-corrected chi connectivity index (χ0v) is 18.9. The zero-order valence-electron chi connectivity index (χ0n) is 18.0. The quantitative estimate of drug-likeness (QED) is 0.475. The van der Waals surface area contributed by atoms with Crippen LogP contribution in [0.5, 0.6) is 0 Å². The highest BCUT2D eigenvalue weighted by molar-refractivity contribution is 7.98. The summed E-state index contributed by atoms with van der Waals surface area (Å²) in [6.45, 7) is 2.75. The van der Waals surface area contributed by atoms with Crippen molar-refractivity contribution in [1.29, 1.82) is 5.26 Å². The molecule has 0 radical (unpaired) electrons. The molecule has 0 aromatic heterocycles. The van der Waals surface area contributed by atoms with Crippen molar-refractivity contribution >= 4 is 17.7 Å². The number of carbonyl (C=O) groups is 1. The SMILES string of the molecule is N#Cc1ccc(CSc2ccccc2C(=O)NCC(c2ccccc2)N2CCCC2)cc1. The molecule has 0 saturated carbocycles. The summed E-state index contributed by atoms with van der Waals surface area (Å²) >= 11 is 1.64. The van der Waals surface area contributed by atoms with Crippen molar-refractivity contribution < 1.29 is 4.79 Å². The number of rotatable bonds is 8. The normalized spacial score (nSPS) is 14.6. The third-order valence-corrected chi connectivity index (χ3v) is 6.98. The smallest absolute Gasteiger partial charge is 0.252 e. The Bertz CT molecular complexity index is 1070. The number of hydrogen-bond acceptors (Lipinski definition) is 4. The number of nitrogens with one attached hydrogen (secondary N) is 1. The molecule has 162 valence electrons. The fraction of sp³-hybridized carbons (Fsp3) is 0.259. The number of hydrogen-bond donors (Lipinski definition) is 1. The lowest BCUT2D eigenvalue weighted by Gasteiger charge is -2.28. The van der Waals surface area contributed by atoms with E-state index >= 15 is 0 Å². The summed E-state index contributed by atoms with van der Waals surface area (Å²) in [6, 6.07) is 28.2. The first kappa shape index (κ1) is 22.1. The summed E-state index contributed by atoms with van der Waals surface area (Å²) in [5.41, 5.74) is 3.74. The molecular weight excluding hydrogens is 414 g/mol. The number of nitrogens with zero attached hydrogens (tertiary/aromatic N) is 2. The van der Waals surface area contributed by atoms with Crippen LogP contribution < -0.4 is 5.32 Å². The molecule has 1 N–H and O–H groups in total. The fourth-order valence-corrected chi connectivity index (χ4v) is 5.09. The molecule has 0 aliphatic carbocycles. The molecule has 0 bridgehead atoms. The van der Waals surface area contributed by atoms with Gasteiger partial charge in [-0.3, -0.25) is 9.69 Å². The average molecular weight is 442 g/mol. The summed E-state index contributed by atoms with van der Waals surface area (Å²) < 4.78 is 0. The van der Waals surface area contributed by atoms with Crippen LogP contribution in [0, 0.1) is 11.3 Å². The Labute approximate surface area is 194 Å². The fourth-order valence-electron chi connectivity index (χ4n) is 4.09. The van der Waals surface area contributed by atoms with Gasteiger partial charge in [0.05, 0.1) is 23.2 Å². The average Bonchev–Trinajstić information content (AvgIpc) is 3.38. The number of benzene rings is 3. The molecule has 1 heterocycles. The van der Waals surface area contributed by atoms with Crippen molar-refractivity contribution in [3.05, 3.63) is 101 Å². The molecule has 4 rings (SSSR count). The minimum atomic E-state index is -0.0342. The first-order valence-corrected chi connectivity index (χ1v) is 12.0. The van der Waals surface area contributed by atoms with Gasteiger partial charge in [0.15, 0.2) is 0 Å². The van der Waals surface area contributed by atoms with E-state index in [4.69, 9.17) is 5.26 Å². The first-order chi connectivity index (χ1) is 15.7. The van der Waals surface area contributed by atoms with Gasteiger partial charge in [-0.1, -0.05) is 54.6 Å². The van der Waals surface area contributed by atoms with Crippen LogP contribution in [-0.2, 0) is 5.75 Å². The summed E-state index contributed by atoms with van der Waals surface area (Å²) in [4.78, 5) is 16.6. The summed E-state index contributed by atoms with van der Waals surface area (Å²) in [6.07, 6.45) is 2.43. The standard InChI is InChI=1S/C27H27N3OS/c28-18-21-12-14-22(15-13-21)20-32-26-11-5-4-10-24(26)27(31)29-19-25(30-16-6-7-17-30)23-8-2-1-3-9-23/h1-5,8-15,25H,6-7,16-17,19-20H2,(H,29,31). The number of carbonyl (C=O) groups excluding carboxylic acids is 1. The molecule has 1 aliphatic heterocycles. The summed E-state index contributed by atoms with van der Waals surface area (Å²) in [5, 5.41) is 12.2. The molecule has 1 unspecified atom stereocenters. The largest absolute Gasteiger partial charge is 0.350 e. The van der Waals surface area contributed by atoms with Crippen molar-refractivity contribution in [1.82, 2.24) is 10.2 Å². The van der Waals surface area contributed by atoms with E-state index in [1.165, 1.54) is 18.4 Å². The van der Waals surface area contributed by atoms with Crippen LogP contribution in [0.2, 0.25) is 0 Å². The van der Waals surface area contributed by atoms with E-state index < -0.39 is 0 Å². The number of amides is 1. The van der Waals surface area contributed by atoms with Crippen LogP contribution in [0.1, 0.15) is 45.9 Å². The van der Waals surface area contributed by atoms with E-state index in [0.717, 1.165) is 29.3 Å². The molecule has 1 fully saturated rings. The number of thioether (sulfide) groups is 1. The van der Waals surface area contributed by atoms with Gasteiger partial charge in [0.25, 0.3) is 5.91 Å². The lowest BCUT2D eigenvalue weighted by atomic mass is 10.1. The van der Waals surface area contributed by atoms with E-state index in [1.807, 2.05) is 54.6 Å². The third-order valence-electron chi connectivity index (χ3n) is 5.83. The van der Waals surface area contributed by atoms with Gasteiger partial charge in [-0.2, -0.15) is 5.26 Å². The van der Waals surface area contributed by atoms with Crippen molar-refractivity contribution in [2.24, 2.45) is 0 Å². The Morgan fingerprint density at radius 3 is 2.38 bits per heavy atom. The van der Waals surface area contributed by atoms with E-state index in [1.54, 1.807) is 11.8 Å². The van der Waals surface area contributed by atoms with Gasteiger partial charge in [-0.15, -0.1) is 11.8 Å². The zero-order chi connectivity index (χ0) is 22.2. The second-order valence-corrected chi connectivity index (χ2v) is 8.99. The molecule has 4 nitrogen and oxygen atoms in total. The minimum absolute atomic E-state index is 0.0342. The topological polar surface area (TPSA) is 56.1 Å². The second-order valence-electron chi connectivity index (χ2n) is 7.97. The van der Waals surface area contributed by atoms with Crippen LogP contribution in [0.3, 0.4) is 0 Å². The molecule has 0 spiro atoms. The molecule has 1 atom stereocenters. The van der Waals surface area contributed by atoms with Crippen molar-refractivity contribution in [2.45, 2.75) is 29.5 Å². The van der Waals surface area contributed by atoms with E-state index in [-0.39, 0.29) is 11.9 Å². The van der Waals surface area contributed by atoms with Crippen molar-refractivity contribution in [3.8, 4) is 6.07 Å². The lowest BCUT2D eigenvalue weighted by molar-refractivity contribution is 0.0935. The van der Waals surface area contributed by atoms with Crippen molar-refractivity contribution in [3.63, 3.8) is 0 Å². The molecule has 32 heavy (non-hydrogen) atoms. The van der Waals surface area contributed by atoms with Crippen LogP contribution in [0.25, 0.3) is 0 Å². The van der Waals surface area contributed by atoms with E-state index in [0.29, 0.717) is 17.7 Å². The highest BCUT2D eigenvalue weighted by Crippen LogP contribution is 2.28. The highest BCUT2D eigenvalue weighted by Gasteiger charge is 2.24. The molecule has 1 saturated heterocycles. The van der Waals surface area contributed by atoms with Crippen LogP contribution in [-0.4, -0.2) is 30.4 Å².